The van der Waals surface area contributed by atoms with Crippen LogP contribution in [0.1, 0.15) is 60.8 Å². The number of aliphatic hydroxyl groups is 1. The zero-order valence-corrected chi connectivity index (χ0v) is 23.1. The number of amides is 1. The van der Waals surface area contributed by atoms with Crippen molar-refractivity contribution >= 4 is 32.8 Å². The minimum absolute atomic E-state index is 0.0403. The molecule has 0 unspecified atom stereocenters. The minimum atomic E-state index is -0.608. The number of likely N-dealkylation sites (tertiary alicyclic amines) is 1. The Balaban J connectivity index is 1.29. The SMILES string of the molecule is Cc1c(CCC(=O)N2CC[C@@]3(O)CCCC[C@H]3C2)c(=O)oc2c(C)c(OCc3ccccc3Br)ccc12. The molecule has 2 heterocycles. The summed E-state index contributed by atoms with van der Waals surface area (Å²) in [6.07, 6.45) is 5.24. The lowest BCUT2D eigenvalue weighted by atomic mass is 9.71. The summed E-state index contributed by atoms with van der Waals surface area (Å²) in [6, 6.07) is 11.7. The van der Waals surface area contributed by atoms with Gasteiger partial charge in [0.25, 0.3) is 0 Å². The van der Waals surface area contributed by atoms with Gasteiger partial charge in [-0.3, -0.25) is 4.79 Å². The van der Waals surface area contributed by atoms with Crippen LogP contribution in [0.3, 0.4) is 0 Å². The van der Waals surface area contributed by atoms with Gasteiger partial charge in [-0.1, -0.05) is 47.0 Å². The molecule has 1 aromatic heterocycles. The number of ether oxygens (including phenoxy) is 1. The number of halogens is 1. The highest BCUT2D eigenvalue weighted by molar-refractivity contribution is 9.10. The molecule has 6 nitrogen and oxygen atoms in total. The number of carbonyl (C=O) groups excluding carboxylic acids is 1. The Morgan fingerprint density at radius 3 is 2.78 bits per heavy atom. The maximum atomic E-state index is 13.0. The van der Waals surface area contributed by atoms with Crippen LogP contribution < -0.4 is 10.4 Å². The number of rotatable bonds is 6. The van der Waals surface area contributed by atoms with E-state index in [0.717, 1.165) is 52.2 Å². The number of hydrogen-bond donors (Lipinski definition) is 1. The van der Waals surface area contributed by atoms with E-state index < -0.39 is 11.2 Å². The lowest BCUT2D eigenvalue weighted by Crippen LogP contribution is -2.54. The summed E-state index contributed by atoms with van der Waals surface area (Å²) < 4.78 is 12.8. The van der Waals surface area contributed by atoms with Crippen LogP contribution in [-0.4, -0.2) is 34.6 Å². The highest BCUT2D eigenvalue weighted by Gasteiger charge is 2.43. The van der Waals surface area contributed by atoms with Crippen molar-refractivity contribution in [3.05, 3.63) is 73.5 Å². The fourth-order valence-corrected chi connectivity index (χ4v) is 6.37. The van der Waals surface area contributed by atoms with E-state index in [1.165, 1.54) is 0 Å². The number of hydrogen-bond acceptors (Lipinski definition) is 5. The number of fused-ring (bicyclic) bond motifs is 2. The van der Waals surface area contributed by atoms with Crippen LogP contribution in [0.15, 0.2) is 50.1 Å². The number of aryl methyl sites for hydroxylation is 2. The first-order valence-corrected chi connectivity index (χ1v) is 14.0. The molecular weight excluding hydrogens is 534 g/mol. The summed E-state index contributed by atoms with van der Waals surface area (Å²) in [5, 5.41) is 11.8. The smallest absolute Gasteiger partial charge is 0.339 e. The van der Waals surface area contributed by atoms with E-state index >= 15 is 0 Å². The molecule has 2 fully saturated rings. The van der Waals surface area contributed by atoms with Gasteiger partial charge in [-0.25, -0.2) is 4.79 Å². The van der Waals surface area contributed by atoms with Crippen molar-refractivity contribution in [3.8, 4) is 5.75 Å². The maximum absolute atomic E-state index is 13.0. The second-order valence-corrected chi connectivity index (χ2v) is 11.4. The minimum Gasteiger partial charge on any atom is -0.488 e. The van der Waals surface area contributed by atoms with Gasteiger partial charge in [-0.05, 0) is 63.3 Å². The first kappa shape index (κ1) is 26.0. The Bertz CT molecular complexity index is 1380. The lowest BCUT2D eigenvalue weighted by Gasteiger charge is -2.47. The van der Waals surface area contributed by atoms with E-state index in [1.807, 2.05) is 55.1 Å². The number of carbonyl (C=O) groups is 1. The van der Waals surface area contributed by atoms with Gasteiger partial charge >= 0.3 is 5.63 Å². The zero-order chi connectivity index (χ0) is 26.2. The van der Waals surface area contributed by atoms with E-state index in [-0.39, 0.29) is 18.2 Å². The molecule has 0 radical (unpaired) electrons. The summed E-state index contributed by atoms with van der Waals surface area (Å²) in [7, 11) is 0. The van der Waals surface area contributed by atoms with Gasteiger partial charge in [0.15, 0.2) is 0 Å². The molecule has 1 N–H and O–H groups in total. The first-order valence-electron chi connectivity index (χ1n) is 13.2. The van der Waals surface area contributed by atoms with Gasteiger partial charge in [-0.2, -0.15) is 0 Å². The Morgan fingerprint density at radius 1 is 1.16 bits per heavy atom. The summed E-state index contributed by atoms with van der Waals surface area (Å²) in [4.78, 5) is 27.9. The number of nitrogens with zero attached hydrogens (tertiary/aromatic N) is 1. The highest BCUT2D eigenvalue weighted by atomic mass is 79.9. The summed E-state index contributed by atoms with van der Waals surface area (Å²) >= 11 is 3.54. The van der Waals surface area contributed by atoms with Gasteiger partial charge in [0, 0.05) is 52.0 Å². The molecule has 7 heteroatoms. The van der Waals surface area contributed by atoms with E-state index in [4.69, 9.17) is 9.15 Å². The van der Waals surface area contributed by atoms with E-state index in [9.17, 15) is 14.7 Å². The Kier molecular flexibility index (Phi) is 7.46. The molecule has 2 aromatic carbocycles. The molecule has 1 amide bonds. The van der Waals surface area contributed by atoms with Crippen molar-refractivity contribution in [2.45, 2.75) is 71.0 Å². The molecule has 1 aliphatic heterocycles. The fourth-order valence-electron chi connectivity index (χ4n) is 5.97. The van der Waals surface area contributed by atoms with E-state index in [2.05, 4.69) is 15.9 Å². The predicted octanol–water partition coefficient (Wildman–Crippen LogP) is 5.84. The molecule has 5 rings (SSSR count). The monoisotopic (exact) mass is 567 g/mol. The number of piperidine rings is 1. The largest absolute Gasteiger partial charge is 0.488 e. The molecule has 1 saturated heterocycles. The van der Waals surface area contributed by atoms with Gasteiger partial charge in [-0.15, -0.1) is 0 Å². The topological polar surface area (TPSA) is 80.0 Å². The summed E-state index contributed by atoms with van der Waals surface area (Å²) in [5.74, 6) is 0.869. The maximum Gasteiger partial charge on any atom is 0.339 e. The summed E-state index contributed by atoms with van der Waals surface area (Å²) in [6.45, 7) is 5.40. The van der Waals surface area contributed by atoms with Crippen LogP contribution in [0.25, 0.3) is 11.0 Å². The van der Waals surface area contributed by atoms with Crippen molar-refractivity contribution in [2.24, 2.45) is 5.92 Å². The predicted molar refractivity (Wildman–Crippen MR) is 147 cm³/mol. The molecule has 0 spiro atoms. The highest BCUT2D eigenvalue weighted by Crippen LogP contribution is 2.40. The van der Waals surface area contributed by atoms with Crippen LogP contribution in [0.2, 0.25) is 0 Å². The second-order valence-electron chi connectivity index (χ2n) is 10.6. The average molecular weight is 569 g/mol. The van der Waals surface area contributed by atoms with E-state index in [1.54, 1.807) is 0 Å². The number of benzene rings is 2. The quantitative estimate of drug-likeness (QED) is 0.378. The average Bonchev–Trinajstić information content (AvgIpc) is 2.88. The van der Waals surface area contributed by atoms with Crippen molar-refractivity contribution in [2.75, 3.05) is 13.1 Å². The molecule has 2 atom stereocenters. The van der Waals surface area contributed by atoms with Crippen LogP contribution in [-0.2, 0) is 17.8 Å². The van der Waals surface area contributed by atoms with Gasteiger partial charge in [0.2, 0.25) is 5.91 Å². The third kappa shape index (κ3) is 5.21. The van der Waals surface area contributed by atoms with Gasteiger partial charge in [0.05, 0.1) is 5.60 Å². The van der Waals surface area contributed by atoms with Gasteiger partial charge < -0.3 is 19.2 Å². The van der Waals surface area contributed by atoms with Crippen LogP contribution in [0.5, 0.6) is 5.75 Å². The van der Waals surface area contributed by atoms with Crippen LogP contribution >= 0.6 is 15.9 Å². The Morgan fingerprint density at radius 2 is 1.97 bits per heavy atom. The molecule has 37 heavy (non-hydrogen) atoms. The summed E-state index contributed by atoms with van der Waals surface area (Å²) in [5.41, 5.74) is 2.72. The van der Waals surface area contributed by atoms with Crippen molar-refractivity contribution in [1.29, 1.82) is 0 Å². The lowest BCUT2D eigenvalue weighted by molar-refractivity contribution is -0.143. The Labute approximate surface area is 225 Å². The fraction of sp³-hybridized carbons (Fsp3) is 0.467. The van der Waals surface area contributed by atoms with E-state index in [0.29, 0.717) is 49.4 Å². The third-order valence-corrected chi connectivity index (χ3v) is 9.14. The molecule has 2 aliphatic rings. The molecule has 1 saturated carbocycles. The molecule has 196 valence electrons. The molecule has 1 aliphatic carbocycles. The van der Waals surface area contributed by atoms with Crippen molar-refractivity contribution < 1.29 is 19.1 Å². The first-order chi connectivity index (χ1) is 17.8. The normalized spacial score (nSPS) is 21.6. The van der Waals surface area contributed by atoms with Crippen LogP contribution in [0, 0.1) is 19.8 Å². The molecular formula is C30H34BrNO5. The van der Waals surface area contributed by atoms with Crippen molar-refractivity contribution in [1.82, 2.24) is 4.90 Å². The van der Waals surface area contributed by atoms with Crippen molar-refractivity contribution in [3.63, 3.8) is 0 Å². The molecule has 0 bridgehead atoms. The Hall–Kier alpha value is -2.64. The standard InChI is InChI=1S/C30H34BrNO5/c1-19-23-10-12-26(36-18-21-7-3-4-9-25(21)31)20(2)28(23)37-29(34)24(19)11-13-27(33)32-16-15-30(35)14-6-5-8-22(30)17-32/h3-4,7,9-10,12,22,35H,5-6,8,11,13-18H2,1-2H3/t22-,30-/m0/s1. The third-order valence-electron chi connectivity index (χ3n) is 8.36. The zero-order valence-electron chi connectivity index (χ0n) is 21.5. The van der Waals surface area contributed by atoms with Gasteiger partial charge in [0.1, 0.15) is 17.9 Å². The molecule has 3 aromatic rings. The van der Waals surface area contributed by atoms with Crippen LogP contribution in [0.4, 0.5) is 0 Å². The second kappa shape index (κ2) is 10.6.